The highest BCUT2D eigenvalue weighted by atomic mass is 19.2. The van der Waals surface area contributed by atoms with Gasteiger partial charge < -0.3 is 20.4 Å². The Kier molecular flexibility index (Phi) is 3.39. The van der Waals surface area contributed by atoms with E-state index < -0.39 is 35.1 Å². The maximum absolute atomic E-state index is 13.5. The molecule has 18 heavy (non-hydrogen) atoms. The van der Waals surface area contributed by atoms with Crippen molar-refractivity contribution < 1.29 is 27.9 Å². The first-order valence-electron chi connectivity index (χ1n) is 4.94. The molecule has 0 bridgehead atoms. The number of ether oxygens (including phenoxy) is 2. The average Bonchev–Trinajstić information content (AvgIpc) is 2.89. The Labute approximate surface area is 99.6 Å². The van der Waals surface area contributed by atoms with E-state index >= 15 is 0 Å². The van der Waals surface area contributed by atoms with E-state index in [1.54, 1.807) is 0 Å². The van der Waals surface area contributed by atoms with Gasteiger partial charge in [0.1, 0.15) is 0 Å². The Hall–Kier alpha value is -1.80. The lowest BCUT2D eigenvalue weighted by atomic mass is 10.1. The van der Waals surface area contributed by atoms with Gasteiger partial charge in [-0.05, 0) is 6.07 Å². The maximum atomic E-state index is 13.5. The van der Waals surface area contributed by atoms with E-state index in [0.717, 1.165) is 6.07 Å². The summed E-state index contributed by atoms with van der Waals surface area (Å²) in [5.74, 6) is -5.36. The Bertz CT molecular complexity index is 502. The standard InChI is InChI=1S/C10H9F3N2O3/c11-6-4(9(14)15-16)3-5(7(12)8(6)13)10-17-1-2-18-10/h3,10,16H,1-2H2,(H2,14,15). The minimum atomic E-state index is -1.73. The van der Waals surface area contributed by atoms with Gasteiger partial charge in [0.05, 0.1) is 18.8 Å². The highest BCUT2D eigenvalue weighted by Crippen LogP contribution is 2.29. The molecule has 1 aromatic rings. The summed E-state index contributed by atoms with van der Waals surface area (Å²) in [4.78, 5) is 0. The van der Waals surface area contributed by atoms with Crippen LogP contribution in [0.3, 0.4) is 0 Å². The molecule has 0 aromatic heterocycles. The Morgan fingerprint density at radius 1 is 1.22 bits per heavy atom. The van der Waals surface area contributed by atoms with Crippen molar-refractivity contribution in [3.63, 3.8) is 0 Å². The molecule has 0 unspecified atom stereocenters. The van der Waals surface area contributed by atoms with Gasteiger partial charge in [-0.25, -0.2) is 13.2 Å². The lowest BCUT2D eigenvalue weighted by Gasteiger charge is -2.13. The van der Waals surface area contributed by atoms with Gasteiger partial charge in [0.15, 0.2) is 29.6 Å². The fourth-order valence-corrected chi connectivity index (χ4v) is 1.57. The predicted molar refractivity (Wildman–Crippen MR) is 53.5 cm³/mol. The summed E-state index contributed by atoms with van der Waals surface area (Å²) in [5, 5.41) is 11.0. The summed E-state index contributed by atoms with van der Waals surface area (Å²) in [6.07, 6.45) is -1.13. The van der Waals surface area contributed by atoms with Gasteiger partial charge in [-0.1, -0.05) is 5.16 Å². The van der Waals surface area contributed by atoms with Crippen LogP contribution in [-0.2, 0) is 9.47 Å². The zero-order chi connectivity index (χ0) is 13.3. The SMILES string of the molecule is N/C(=N\O)c1cc(C2OCCO2)c(F)c(F)c1F. The Morgan fingerprint density at radius 3 is 2.39 bits per heavy atom. The molecule has 0 atom stereocenters. The maximum Gasteiger partial charge on any atom is 0.195 e. The second kappa shape index (κ2) is 4.83. The van der Waals surface area contributed by atoms with E-state index in [9.17, 15) is 13.2 Å². The summed E-state index contributed by atoms with van der Waals surface area (Å²) in [7, 11) is 0. The second-order valence-corrected chi connectivity index (χ2v) is 3.51. The molecule has 2 rings (SSSR count). The van der Waals surface area contributed by atoms with E-state index in [-0.39, 0.29) is 18.8 Å². The number of nitrogens with two attached hydrogens (primary N) is 1. The van der Waals surface area contributed by atoms with Crippen LogP contribution in [-0.4, -0.2) is 24.3 Å². The van der Waals surface area contributed by atoms with Crippen LogP contribution < -0.4 is 5.73 Å². The van der Waals surface area contributed by atoms with Crippen molar-refractivity contribution in [2.75, 3.05) is 13.2 Å². The van der Waals surface area contributed by atoms with Crippen molar-refractivity contribution in [3.8, 4) is 0 Å². The fraction of sp³-hybridized carbons (Fsp3) is 0.300. The number of hydrogen-bond acceptors (Lipinski definition) is 4. The van der Waals surface area contributed by atoms with Crippen molar-refractivity contribution >= 4 is 5.84 Å². The van der Waals surface area contributed by atoms with Crippen LogP contribution in [0.15, 0.2) is 11.2 Å². The summed E-state index contributed by atoms with van der Waals surface area (Å²) in [6, 6.07) is 0.888. The third-order valence-corrected chi connectivity index (χ3v) is 2.43. The van der Waals surface area contributed by atoms with Crippen LogP contribution in [0.4, 0.5) is 13.2 Å². The van der Waals surface area contributed by atoms with Crippen molar-refractivity contribution in [2.45, 2.75) is 6.29 Å². The van der Waals surface area contributed by atoms with E-state index in [4.69, 9.17) is 20.4 Å². The van der Waals surface area contributed by atoms with Crippen LogP contribution in [0, 0.1) is 17.5 Å². The molecule has 1 heterocycles. The molecule has 0 saturated carbocycles. The minimum Gasteiger partial charge on any atom is -0.409 e. The Balaban J connectivity index is 2.56. The highest BCUT2D eigenvalue weighted by Gasteiger charge is 2.28. The largest absolute Gasteiger partial charge is 0.409 e. The van der Waals surface area contributed by atoms with Crippen molar-refractivity contribution in [1.29, 1.82) is 0 Å². The van der Waals surface area contributed by atoms with Crippen molar-refractivity contribution in [2.24, 2.45) is 10.9 Å². The van der Waals surface area contributed by atoms with Gasteiger partial charge in [0.25, 0.3) is 0 Å². The average molecular weight is 262 g/mol. The number of amidine groups is 1. The number of rotatable bonds is 2. The van der Waals surface area contributed by atoms with E-state index in [1.165, 1.54) is 0 Å². The molecule has 98 valence electrons. The van der Waals surface area contributed by atoms with E-state index in [0.29, 0.717) is 0 Å². The van der Waals surface area contributed by atoms with Gasteiger partial charge in [-0.15, -0.1) is 0 Å². The van der Waals surface area contributed by atoms with Gasteiger partial charge in [0.2, 0.25) is 0 Å². The summed E-state index contributed by atoms with van der Waals surface area (Å²) in [5.41, 5.74) is 4.27. The zero-order valence-electron chi connectivity index (χ0n) is 8.99. The topological polar surface area (TPSA) is 77.1 Å². The summed E-state index contributed by atoms with van der Waals surface area (Å²) < 4.78 is 50.3. The van der Waals surface area contributed by atoms with Crippen LogP contribution in [0.25, 0.3) is 0 Å². The molecule has 1 saturated heterocycles. The molecule has 1 aromatic carbocycles. The highest BCUT2D eigenvalue weighted by molar-refractivity contribution is 5.97. The molecule has 0 amide bonds. The lowest BCUT2D eigenvalue weighted by molar-refractivity contribution is -0.0469. The number of oxime groups is 1. The van der Waals surface area contributed by atoms with Crippen molar-refractivity contribution in [3.05, 3.63) is 34.6 Å². The number of nitrogens with zero attached hydrogens (tertiary/aromatic N) is 1. The molecular formula is C10H9F3N2O3. The molecule has 0 spiro atoms. The third-order valence-electron chi connectivity index (χ3n) is 2.43. The fourth-order valence-electron chi connectivity index (χ4n) is 1.57. The molecular weight excluding hydrogens is 253 g/mol. The lowest BCUT2D eigenvalue weighted by Crippen LogP contribution is -2.18. The van der Waals surface area contributed by atoms with Gasteiger partial charge in [-0.2, -0.15) is 0 Å². The number of hydrogen-bond donors (Lipinski definition) is 2. The molecule has 8 heteroatoms. The van der Waals surface area contributed by atoms with Gasteiger partial charge in [0, 0.05) is 5.56 Å². The molecule has 1 aliphatic rings. The Morgan fingerprint density at radius 2 is 1.83 bits per heavy atom. The summed E-state index contributed by atoms with van der Waals surface area (Å²) in [6.45, 7) is 0.421. The van der Waals surface area contributed by atoms with Crippen molar-refractivity contribution in [1.82, 2.24) is 0 Å². The molecule has 5 nitrogen and oxygen atoms in total. The monoisotopic (exact) mass is 262 g/mol. The molecule has 0 aliphatic carbocycles. The molecule has 3 N–H and O–H groups in total. The minimum absolute atomic E-state index is 0.210. The van der Waals surface area contributed by atoms with Crippen LogP contribution in [0.1, 0.15) is 17.4 Å². The molecule has 1 aliphatic heterocycles. The molecule has 0 radical (unpaired) electrons. The first-order chi connectivity index (χ1) is 8.56. The quantitative estimate of drug-likeness (QED) is 0.276. The number of benzene rings is 1. The van der Waals surface area contributed by atoms with Gasteiger partial charge in [-0.3, -0.25) is 0 Å². The van der Waals surface area contributed by atoms with Crippen LogP contribution in [0.5, 0.6) is 0 Å². The van der Waals surface area contributed by atoms with Crippen LogP contribution >= 0.6 is 0 Å². The second-order valence-electron chi connectivity index (χ2n) is 3.51. The molecule has 1 fully saturated rings. The van der Waals surface area contributed by atoms with Gasteiger partial charge >= 0.3 is 0 Å². The zero-order valence-corrected chi connectivity index (χ0v) is 8.99. The van der Waals surface area contributed by atoms with E-state index in [2.05, 4.69) is 5.16 Å². The van der Waals surface area contributed by atoms with Crippen LogP contribution in [0.2, 0.25) is 0 Å². The number of halogens is 3. The smallest absolute Gasteiger partial charge is 0.195 e. The first kappa shape index (κ1) is 12.7. The normalized spacial score (nSPS) is 17.4. The predicted octanol–water partition coefficient (Wildman–Crippen LogP) is 1.24. The first-order valence-corrected chi connectivity index (χ1v) is 4.94. The van der Waals surface area contributed by atoms with E-state index in [1.807, 2.05) is 0 Å². The summed E-state index contributed by atoms with van der Waals surface area (Å²) >= 11 is 0. The third kappa shape index (κ3) is 2.00.